The number of rotatable bonds is 6. The Kier molecular flexibility index (Phi) is 5.32. The van der Waals surface area contributed by atoms with Gasteiger partial charge in [0.05, 0.1) is 5.57 Å². The molecular formula is C24H21N3O3. The van der Waals surface area contributed by atoms with E-state index in [1.54, 1.807) is 48.7 Å². The SMILES string of the molecule is Nc1cccc(C(=O)c2ccc3c(c2)NC(=O)C3=CNc2ccc(CCO)cc2)c1. The largest absolute Gasteiger partial charge is 0.399 e. The summed E-state index contributed by atoms with van der Waals surface area (Å²) < 4.78 is 0. The van der Waals surface area contributed by atoms with Crippen LogP contribution in [0.25, 0.3) is 5.57 Å². The molecule has 1 amide bonds. The van der Waals surface area contributed by atoms with Crippen LogP contribution in [-0.2, 0) is 11.2 Å². The highest BCUT2D eigenvalue weighted by atomic mass is 16.3. The van der Waals surface area contributed by atoms with Crippen molar-refractivity contribution in [3.63, 3.8) is 0 Å². The van der Waals surface area contributed by atoms with Gasteiger partial charge in [-0.15, -0.1) is 0 Å². The predicted octanol–water partition coefficient (Wildman–Crippen LogP) is 3.44. The van der Waals surface area contributed by atoms with Crippen molar-refractivity contribution >= 4 is 34.3 Å². The Bertz CT molecular complexity index is 1150. The molecule has 0 bridgehead atoms. The average molecular weight is 399 g/mol. The number of benzene rings is 3. The number of nitrogens with one attached hydrogen (secondary N) is 2. The van der Waals surface area contributed by atoms with Gasteiger partial charge >= 0.3 is 0 Å². The lowest BCUT2D eigenvalue weighted by molar-refractivity contribution is -0.110. The van der Waals surface area contributed by atoms with Crippen LogP contribution in [0.2, 0.25) is 0 Å². The van der Waals surface area contributed by atoms with Gasteiger partial charge in [0, 0.05) is 46.6 Å². The summed E-state index contributed by atoms with van der Waals surface area (Å²) in [6.45, 7) is 0.107. The van der Waals surface area contributed by atoms with Gasteiger partial charge in [0.2, 0.25) is 0 Å². The highest BCUT2D eigenvalue weighted by Crippen LogP contribution is 2.33. The molecule has 0 aromatic heterocycles. The van der Waals surface area contributed by atoms with Gasteiger partial charge in [-0.2, -0.15) is 0 Å². The van der Waals surface area contributed by atoms with E-state index in [9.17, 15) is 9.59 Å². The van der Waals surface area contributed by atoms with Crippen LogP contribution in [0.4, 0.5) is 17.1 Å². The molecule has 0 radical (unpaired) electrons. The Labute approximate surface area is 174 Å². The van der Waals surface area contributed by atoms with Gasteiger partial charge < -0.3 is 21.5 Å². The van der Waals surface area contributed by atoms with E-state index in [0.29, 0.717) is 34.5 Å². The third kappa shape index (κ3) is 3.94. The van der Waals surface area contributed by atoms with Crippen molar-refractivity contribution in [2.45, 2.75) is 6.42 Å². The first-order chi connectivity index (χ1) is 14.5. The first kappa shape index (κ1) is 19.4. The van der Waals surface area contributed by atoms with Gasteiger partial charge in [0.15, 0.2) is 5.78 Å². The van der Waals surface area contributed by atoms with Crippen LogP contribution in [0.5, 0.6) is 0 Å². The minimum atomic E-state index is -0.233. The lowest BCUT2D eigenvalue weighted by Gasteiger charge is -2.06. The number of carbonyl (C=O) groups is 2. The average Bonchev–Trinajstić information content (AvgIpc) is 3.07. The van der Waals surface area contributed by atoms with Crippen molar-refractivity contribution in [3.8, 4) is 0 Å². The van der Waals surface area contributed by atoms with Gasteiger partial charge in [-0.05, 0) is 42.3 Å². The van der Waals surface area contributed by atoms with Crippen molar-refractivity contribution in [3.05, 3.63) is 95.2 Å². The van der Waals surface area contributed by atoms with Crippen LogP contribution in [0.3, 0.4) is 0 Å². The minimum absolute atomic E-state index is 0.107. The second kappa shape index (κ2) is 8.23. The third-order valence-corrected chi connectivity index (χ3v) is 4.95. The molecule has 3 aromatic carbocycles. The quantitative estimate of drug-likeness (QED) is 0.289. The van der Waals surface area contributed by atoms with Crippen LogP contribution in [0, 0.1) is 0 Å². The number of hydrogen-bond acceptors (Lipinski definition) is 5. The number of hydrogen-bond donors (Lipinski definition) is 4. The van der Waals surface area contributed by atoms with E-state index in [1.165, 1.54) is 0 Å². The number of fused-ring (bicyclic) bond motifs is 1. The van der Waals surface area contributed by atoms with Crippen molar-refractivity contribution in [1.82, 2.24) is 0 Å². The number of amides is 1. The van der Waals surface area contributed by atoms with Crippen LogP contribution in [0.1, 0.15) is 27.0 Å². The van der Waals surface area contributed by atoms with Gasteiger partial charge in [0.1, 0.15) is 0 Å². The van der Waals surface area contributed by atoms with Crippen LogP contribution in [-0.4, -0.2) is 23.4 Å². The number of anilines is 3. The van der Waals surface area contributed by atoms with Crippen LogP contribution in [0.15, 0.2) is 72.9 Å². The normalized spacial score (nSPS) is 13.8. The predicted molar refractivity (Wildman–Crippen MR) is 118 cm³/mol. The molecule has 1 heterocycles. The molecule has 5 N–H and O–H groups in total. The lowest BCUT2D eigenvalue weighted by atomic mass is 9.99. The summed E-state index contributed by atoms with van der Waals surface area (Å²) in [6.07, 6.45) is 2.26. The Morgan fingerprint density at radius 3 is 2.53 bits per heavy atom. The highest BCUT2D eigenvalue weighted by Gasteiger charge is 2.25. The van der Waals surface area contributed by atoms with E-state index in [-0.39, 0.29) is 18.3 Å². The Hall–Kier alpha value is -3.90. The molecule has 0 saturated carbocycles. The van der Waals surface area contributed by atoms with E-state index in [4.69, 9.17) is 10.8 Å². The Morgan fingerprint density at radius 2 is 1.80 bits per heavy atom. The topological polar surface area (TPSA) is 104 Å². The van der Waals surface area contributed by atoms with E-state index >= 15 is 0 Å². The van der Waals surface area contributed by atoms with Gasteiger partial charge in [0.25, 0.3) is 5.91 Å². The maximum Gasteiger partial charge on any atom is 0.257 e. The summed E-state index contributed by atoms with van der Waals surface area (Å²) in [7, 11) is 0. The standard InChI is InChI=1S/C24H21N3O3/c25-18-3-1-2-16(12-18)23(29)17-6-9-20-21(24(30)27-22(20)13-17)14-26-19-7-4-15(5-8-19)10-11-28/h1-9,12-14,26,28H,10-11,25H2,(H,27,30). The van der Waals surface area contributed by atoms with E-state index in [0.717, 1.165) is 16.8 Å². The zero-order valence-corrected chi connectivity index (χ0v) is 16.2. The molecule has 6 nitrogen and oxygen atoms in total. The van der Waals surface area contributed by atoms with Crippen molar-refractivity contribution in [2.75, 3.05) is 23.0 Å². The second-order valence-electron chi connectivity index (χ2n) is 7.04. The fourth-order valence-corrected chi connectivity index (χ4v) is 3.38. The number of nitrogens with two attached hydrogens (primary N) is 1. The van der Waals surface area contributed by atoms with Gasteiger partial charge in [-0.1, -0.05) is 36.4 Å². The number of nitrogen functional groups attached to an aromatic ring is 1. The first-order valence-corrected chi connectivity index (χ1v) is 9.57. The maximum absolute atomic E-state index is 12.7. The van der Waals surface area contributed by atoms with Crippen molar-refractivity contribution < 1.29 is 14.7 Å². The second-order valence-corrected chi connectivity index (χ2v) is 7.04. The summed E-state index contributed by atoms with van der Waals surface area (Å²) in [4.78, 5) is 25.2. The summed E-state index contributed by atoms with van der Waals surface area (Å²) in [5.74, 6) is -0.388. The van der Waals surface area contributed by atoms with E-state index in [2.05, 4.69) is 10.6 Å². The highest BCUT2D eigenvalue weighted by molar-refractivity contribution is 6.32. The van der Waals surface area contributed by atoms with Crippen LogP contribution >= 0.6 is 0 Å². The number of ketones is 1. The zero-order valence-electron chi connectivity index (χ0n) is 16.2. The minimum Gasteiger partial charge on any atom is -0.399 e. The Balaban J connectivity index is 1.55. The van der Waals surface area contributed by atoms with Crippen molar-refractivity contribution in [2.24, 2.45) is 0 Å². The molecule has 3 aromatic rings. The van der Waals surface area contributed by atoms with Gasteiger partial charge in [-0.3, -0.25) is 9.59 Å². The zero-order chi connectivity index (χ0) is 21.1. The number of aliphatic hydroxyl groups excluding tert-OH is 1. The van der Waals surface area contributed by atoms with Crippen molar-refractivity contribution in [1.29, 1.82) is 0 Å². The monoisotopic (exact) mass is 399 g/mol. The first-order valence-electron chi connectivity index (χ1n) is 9.57. The smallest absolute Gasteiger partial charge is 0.257 e. The summed E-state index contributed by atoms with van der Waals surface area (Å²) >= 11 is 0. The molecule has 6 heteroatoms. The molecule has 1 aliphatic rings. The molecule has 30 heavy (non-hydrogen) atoms. The molecule has 0 unspecified atom stereocenters. The lowest BCUT2D eigenvalue weighted by Crippen LogP contribution is -2.05. The van der Waals surface area contributed by atoms with E-state index in [1.807, 2.05) is 24.3 Å². The van der Waals surface area contributed by atoms with Crippen LogP contribution < -0.4 is 16.4 Å². The molecule has 0 spiro atoms. The van der Waals surface area contributed by atoms with Gasteiger partial charge in [-0.25, -0.2) is 0 Å². The Morgan fingerprint density at radius 1 is 1.03 bits per heavy atom. The third-order valence-electron chi connectivity index (χ3n) is 4.95. The maximum atomic E-state index is 12.7. The summed E-state index contributed by atoms with van der Waals surface area (Å²) in [6, 6.07) is 19.6. The molecule has 150 valence electrons. The molecular weight excluding hydrogens is 378 g/mol. The molecule has 4 rings (SSSR count). The fraction of sp³-hybridized carbons (Fsp3) is 0.0833. The molecule has 0 fully saturated rings. The molecule has 0 atom stereocenters. The number of aliphatic hydroxyl groups is 1. The summed E-state index contributed by atoms with van der Waals surface area (Å²) in [5, 5.41) is 14.9. The fourth-order valence-electron chi connectivity index (χ4n) is 3.38. The molecule has 0 aliphatic carbocycles. The van der Waals surface area contributed by atoms with E-state index < -0.39 is 0 Å². The molecule has 1 aliphatic heterocycles. The number of carbonyl (C=O) groups excluding carboxylic acids is 2. The molecule has 0 saturated heterocycles. The summed E-state index contributed by atoms with van der Waals surface area (Å²) in [5.41, 5.74) is 11.0.